The van der Waals surface area contributed by atoms with Crippen LogP contribution in [-0.4, -0.2) is 38.2 Å². The molecule has 2 rings (SSSR count). The van der Waals surface area contributed by atoms with Crippen molar-refractivity contribution >= 4 is 11.4 Å². The van der Waals surface area contributed by atoms with Gasteiger partial charge in [0, 0.05) is 18.2 Å². The van der Waals surface area contributed by atoms with Crippen LogP contribution in [-0.2, 0) is 0 Å². The molecule has 0 aromatic heterocycles. The molecular weight excluding hydrogens is 238 g/mol. The number of nitrogens with two attached hydrogens (primary N) is 1. The maximum Gasteiger partial charge on any atom is 0.121 e. The van der Waals surface area contributed by atoms with Gasteiger partial charge in [0.25, 0.3) is 0 Å². The Morgan fingerprint density at radius 2 is 2.00 bits per heavy atom. The zero-order valence-electron chi connectivity index (χ0n) is 12.2. The van der Waals surface area contributed by atoms with Crippen molar-refractivity contribution in [3.63, 3.8) is 0 Å². The first-order valence-corrected chi connectivity index (χ1v) is 6.92. The van der Waals surface area contributed by atoms with Crippen LogP contribution in [0, 0.1) is 0 Å². The molecule has 0 heterocycles. The standard InChI is InChI=1S/C15H25N3O/c1-18(2)15(8-4-5-9-15)11-17-14-7-6-12(19-3)10-13(14)16/h6-7,10,17H,4-5,8-9,11,16H2,1-3H3. The van der Waals surface area contributed by atoms with E-state index in [2.05, 4.69) is 24.3 Å². The quantitative estimate of drug-likeness (QED) is 0.802. The molecule has 0 spiro atoms. The average molecular weight is 263 g/mol. The van der Waals surface area contributed by atoms with Gasteiger partial charge in [-0.3, -0.25) is 0 Å². The highest BCUT2D eigenvalue weighted by Gasteiger charge is 2.35. The monoisotopic (exact) mass is 263 g/mol. The van der Waals surface area contributed by atoms with Crippen LogP contribution >= 0.6 is 0 Å². The number of methoxy groups -OCH3 is 1. The van der Waals surface area contributed by atoms with Gasteiger partial charge in [-0.15, -0.1) is 0 Å². The summed E-state index contributed by atoms with van der Waals surface area (Å²) in [6.07, 6.45) is 5.14. The van der Waals surface area contributed by atoms with Crippen LogP contribution in [0.3, 0.4) is 0 Å². The first-order valence-electron chi connectivity index (χ1n) is 6.92. The third-order valence-corrected chi connectivity index (χ3v) is 4.35. The summed E-state index contributed by atoms with van der Waals surface area (Å²) >= 11 is 0. The molecule has 106 valence electrons. The molecular formula is C15H25N3O. The second-order valence-corrected chi connectivity index (χ2v) is 5.63. The predicted octanol–water partition coefficient (Wildman–Crippen LogP) is 2.56. The maximum atomic E-state index is 6.04. The Kier molecular flexibility index (Phi) is 4.20. The Bertz CT molecular complexity index is 425. The minimum absolute atomic E-state index is 0.270. The van der Waals surface area contributed by atoms with E-state index in [1.807, 2.05) is 18.2 Å². The first-order chi connectivity index (χ1) is 9.07. The number of likely N-dealkylation sites (N-methyl/N-ethyl adjacent to an activating group) is 1. The summed E-state index contributed by atoms with van der Waals surface area (Å²) in [5.41, 5.74) is 8.05. The molecule has 0 unspecified atom stereocenters. The number of ether oxygens (including phenoxy) is 1. The third-order valence-electron chi connectivity index (χ3n) is 4.35. The minimum Gasteiger partial charge on any atom is -0.497 e. The van der Waals surface area contributed by atoms with Crippen molar-refractivity contribution in [1.29, 1.82) is 0 Å². The molecule has 3 N–H and O–H groups in total. The van der Waals surface area contributed by atoms with Gasteiger partial charge in [0.1, 0.15) is 5.75 Å². The second-order valence-electron chi connectivity index (χ2n) is 5.63. The largest absolute Gasteiger partial charge is 0.497 e. The Morgan fingerprint density at radius 3 is 2.53 bits per heavy atom. The smallest absolute Gasteiger partial charge is 0.121 e. The van der Waals surface area contributed by atoms with E-state index in [9.17, 15) is 0 Å². The molecule has 0 bridgehead atoms. The summed E-state index contributed by atoms with van der Waals surface area (Å²) in [5.74, 6) is 0.797. The molecule has 0 amide bonds. The van der Waals surface area contributed by atoms with Crippen LogP contribution in [0.2, 0.25) is 0 Å². The van der Waals surface area contributed by atoms with E-state index in [0.29, 0.717) is 0 Å². The Balaban J connectivity index is 2.05. The van der Waals surface area contributed by atoms with Crippen LogP contribution in [0.5, 0.6) is 5.75 Å². The lowest BCUT2D eigenvalue weighted by Crippen LogP contribution is -2.47. The molecule has 0 aliphatic heterocycles. The first kappa shape index (κ1) is 14.0. The van der Waals surface area contributed by atoms with Crippen LogP contribution in [0.4, 0.5) is 11.4 Å². The molecule has 0 saturated heterocycles. The topological polar surface area (TPSA) is 50.5 Å². The highest BCUT2D eigenvalue weighted by atomic mass is 16.5. The fourth-order valence-electron chi connectivity index (χ4n) is 2.90. The lowest BCUT2D eigenvalue weighted by Gasteiger charge is -2.37. The number of nitrogens with zero attached hydrogens (tertiary/aromatic N) is 1. The van der Waals surface area contributed by atoms with E-state index < -0.39 is 0 Å². The molecule has 0 radical (unpaired) electrons. The van der Waals surface area contributed by atoms with E-state index in [0.717, 1.165) is 23.7 Å². The molecule has 0 atom stereocenters. The van der Waals surface area contributed by atoms with Gasteiger partial charge in [-0.05, 0) is 39.1 Å². The number of benzene rings is 1. The molecule has 4 nitrogen and oxygen atoms in total. The van der Waals surface area contributed by atoms with Gasteiger partial charge in [0.2, 0.25) is 0 Å². The van der Waals surface area contributed by atoms with Crippen LogP contribution in [0.1, 0.15) is 25.7 Å². The van der Waals surface area contributed by atoms with E-state index in [1.54, 1.807) is 7.11 Å². The van der Waals surface area contributed by atoms with Crippen LogP contribution in [0.25, 0.3) is 0 Å². The number of rotatable bonds is 5. The number of anilines is 2. The van der Waals surface area contributed by atoms with Gasteiger partial charge in [-0.25, -0.2) is 0 Å². The zero-order chi connectivity index (χ0) is 13.9. The molecule has 19 heavy (non-hydrogen) atoms. The summed E-state index contributed by atoms with van der Waals surface area (Å²) < 4.78 is 5.17. The predicted molar refractivity (Wildman–Crippen MR) is 80.8 cm³/mol. The van der Waals surface area contributed by atoms with Gasteiger partial charge >= 0.3 is 0 Å². The average Bonchev–Trinajstić information content (AvgIpc) is 2.87. The highest BCUT2D eigenvalue weighted by molar-refractivity contribution is 5.68. The van der Waals surface area contributed by atoms with E-state index in [1.165, 1.54) is 25.7 Å². The fourth-order valence-corrected chi connectivity index (χ4v) is 2.90. The van der Waals surface area contributed by atoms with Gasteiger partial charge in [0.15, 0.2) is 0 Å². The van der Waals surface area contributed by atoms with Crippen molar-refractivity contribution < 1.29 is 4.74 Å². The lowest BCUT2D eigenvalue weighted by molar-refractivity contribution is 0.172. The second kappa shape index (κ2) is 5.70. The summed E-state index contributed by atoms with van der Waals surface area (Å²) in [6, 6.07) is 5.79. The summed E-state index contributed by atoms with van der Waals surface area (Å²) in [6.45, 7) is 0.941. The Labute approximate surface area is 115 Å². The highest BCUT2D eigenvalue weighted by Crippen LogP contribution is 2.34. The fraction of sp³-hybridized carbons (Fsp3) is 0.600. The summed E-state index contributed by atoms with van der Waals surface area (Å²) in [7, 11) is 6.00. The van der Waals surface area contributed by atoms with Crippen molar-refractivity contribution in [2.24, 2.45) is 0 Å². The number of hydrogen-bond donors (Lipinski definition) is 2. The van der Waals surface area contributed by atoms with Gasteiger partial charge in [0.05, 0.1) is 18.5 Å². The molecule has 4 heteroatoms. The number of nitrogen functional groups attached to an aromatic ring is 1. The summed E-state index contributed by atoms with van der Waals surface area (Å²) in [4.78, 5) is 2.35. The maximum absolute atomic E-state index is 6.04. The lowest BCUT2D eigenvalue weighted by atomic mass is 9.96. The van der Waals surface area contributed by atoms with Crippen molar-refractivity contribution in [2.45, 2.75) is 31.2 Å². The van der Waals surface area contributed by atoms with E-state index >= 15 is 0 Å². The van der Waals surface area contributed by atoms with Crippen molar-refractivity contribution in [3.05, 3.63) is 18.2 Å². The molecule has 1 aliphatic rings. The van der Waals surface area contributed by atoms with E-state index in [4.69, 9.17) is 10.5 Å². The molecule has 1 saturated carbocycles. The molecule has 1 aliphatic carbocycles. The number of nitrogens with one attached hydrogen (secondary N) is 1. The van der Waals surface area contributed by atoms with Crippen LogP contribution in [0.15, 0.2) is 18.2 Å². The van der Waals surface area contributed by atoms with Gasteiger partial charge in [-0.1, -0.05) is 12.8 Å². The van der Waals surface area contributed by atoms with E-state index in [-0.39, 0.29) is 5.54 Å². The van der Waals surface area contributed by atoms with Gasteiger partial charge in [-0.2, -0.15) is 0 Å². The minimum atomic E-state index is 0.270. The Morgan fingerprint density at radius 1 is 1.32 bits per heavy atom. The normalized spacial score (nSPS) is 17.7. The zero-order valence-corrected chi connectivity index (χ0v) is 12.2. The van der Waals surface area contributed by atoms with Crippen molar-refractivity contribution in [3.8, 4) is 5.75 Å². The van der Waals surface area contributed by atoms with Gasteiger partial charge < -0.3 is 20.7 Å². The molecule has 1 aromatic carbocycles. The third kappa shape index (κ3) is 2.95. The van der Waals surface area contributed by atoms with Crippen LogP contribution < -0.4 is 15.8 Å². The molecule has 1 aromatic rings. The van der Waals surface area contributed by atoms with Crippen molar-refractivity contribution in [2.75, 3.05) is 38.8 Å². The Hall–Kier alpha value is -1.42. The SMILES string of the molecule is COc1ccc(NCC2(N(C)C)CCCC2)c(N)c1. The summed E-state index contributed by atoms with van der Waals surface area (Å²) in [5, 5.41) is 3.51. The van der Waals surface area contributed by atoms with Crippen molar-refractivity contribution in [1.82, 2.24) is 4.90 Å². The number of hydrogen-bond acceptors (Lipinski definition) is 4. The molecule has 1 fully saturated rings.